The predicted octanol–water partition coefficient (Wildman–Crippen LogP) is 6.74. The number of carbonyl (C=O) groups is 1. The van der Waals surface area contributed by atoms with Crippen LogP contribution >= 0.6 is 0 Å². The van der Waals surface area contributed by atoms with Crippen LogP contribution < -0.4 is 0 Å². The van der Waals surface area contributed by atoms with Crippen LogP contribution in [0.15, 0.2) is 24.3 Å². The van der Waals surface area contributed by atoms with Crippen molar-refractivity contribution < 1.29 is 19.0 Å². The number of allylic oxidation sites excluding steroid dienone is 4. The molecule has 1 rings (SSSR count). The topological polar surface area (TPSA) is 44.8 Å². The molecule has 168 valence electrons. The molecule has 1 heterocycles. The van der Waals surface area contributed by atoms with Crippen LogP contribution in [-0.2, 0) is 19.0 Å². The minimum Gasteiger partial charge on any atom is -0.465 e. The Hall–Kier alpha value is -1.13. The van der Waals surface area contributed by atoms with Gasteiger partial charge in [-0.15, -0.1) is 0 Å². The van der Waals surface area contributed by atoms with Gasteiger partial charge in [0.05, 0.1) is 19.8 Å². The van der Waals surface area contributed by atoms with E-state index in [1.54, 1.807) is 0 Å². The monoisotopic (exact) mass is 408 g/mol. The van der Waals surface area contributed by atoms with Gasteiger partial charge < -0.3 is 14.2 Å². The Morgan fingerprint density at radius 1 is 0.897 bits per heavy atom. The molecule has 0 aliphatic carbocycles. The molecule has 1 aliphatic rings. The van der Waals surface area contributed by atoms with E-state index in [4.69, 9.17) is 14.2 Å². The molecule has 0 saturated carbocycles. The van der Waals surface area contributed by atoms with E-state index in [1.807, 2.05) is 13.8 Å². The lowest BCUT2D eigenvalue weighted by molar-refractivity contribution is -0.265. The lowest BCUT2D eigenvalue weighted by Crippen LogP contribution is -2.41. The molecule has 1 aliphatic heterocycles. The first kappa shape index (κ1) is 25.9. The van der Waals surface area contributed by atoms with E-state index in [0.717, 1.165) is 25.7 Å². The zero-order valence-corrected chi connectivity index (χ0v) is 19.1. The molecule has 1 saturated heterocycles. The maximum atomic E-state index is 11.8. The van der Waals surface area contributed by atoms with E-state index >= 15 is 0 Å². The summed E-state index contributed by atoms with van der Waals surface area (Å²) < 4.78 is 16.5. The molecular formula is C25H44O4. The Balaban J connectivity index is 1.85. The maximum absolute atomic E-state index is 11.8. The second-order valence-corrected chi connectivity index (χ2v) is 8.55. The molecule has 0 aromatic carbocycles. The highest BCUT2D eigenvalue weighted by Gasteiger charge is 2.28. The van der Waals surface area contributed by atoms with Gasteiger partial charge in [0.2, 0.25) is 0 Å². The summed E-state index contributed by atoms with van der Waals surface area (Å²) in [5.41, 5.74) is 0. The standard InChI is InChI=1S/C25H44O4/c1-4-5-6-7-8-9-10-11-12-13-14-15-16-17-18-19-24(26)27-20-23-21-28-25(2,3)29-22-23/h8-9,11-12,23H,4-7,10,13-22H2,1-3H3/b9-8-,12-11-. The van der Waals surface area contributed by atoms with Crippen molar-refractivity contribution in [1.82, 2.24) is 0 Å². The highest BCUT2D eigenvalue weighted by molar-refractivity contribution is 5.69. The first-order chi connectivity index (χ1) is 14.0. The van der Waals surface area contributed by atoms with Crippen LogP contribution in [0.2, 0.25) is 0 Å². The van der Waals surface area contributed by atoms with Gasteiger partial charge in [-0.2, -0.15) is 0 Å². The van der Waals surface area contributed by atoms with E-state index in [1.165, 1.54) is 44.9 Å². The highest BCUT2D eigenvalue weighted by atomic mass is 16.7. The zero-order chi connectivity index (χ0) is 21.2. The lowest BCUT2D eigenvalue weighted by atomic mass is 10.1. The largest absolute Gasteiger partial charge is 0.465 e. The molecule has 0 aromatic heterocycles. The number of ether oxygens (including phenoxy) is 3. The van der Waals surface area contributed by atoms with Crippen LogP contribution in [0.25, 0.3) is 0 Å². The molecule has 0 aromatic rings. The van der Waals surface area contributed by atoms with Crippen LogP contribution in [0.5, 0.6) is 0 Å². The normalized spacial score (nSPS) is 17.3. The van der Waals surface area contributed by atoms with Gasteiger partial charge in [0.25, 0.3) is 0 Å². The van der Waals surface area contributed by atoms with Gasteiger partial charge >= 0.3 is 5.97 Å². The second-order valence-electron chi connectivity index (χ2n) is 8.55. The van der Waals surface area contributed by atoms with Gasteiger partial charge in [-0.25, -0.2) is 0 Å². The Morgan fingerprint density at radius 2 is 1.48 bits per heavy atom. The quantitative estimate of drug-likeness (QED) is 0.161. The second kappa shape index (κ2) is 16.6. The minimum atomic E-state index is -0.513. The van der Waals surface area contributed by atoms with Crippen molar-refractivity contribution in [2.24, 2.45) is 5.92 Å². The van der Waals surface area contributed by atoms with Crippen LogP contribution in [-0.4, -0.2) is 31.6 Å². The molecule has 0 spiro atoms. The lowest BCUT2D eigenvalue weighted by Gasteiger charge is -2.34. The first-order valence-corrected chi connectivity index (χ1v) is 11.8. The summed E-state index contributed by atoms with van der Waals surface area (Å²) in [5.74, 6) is -0.460. The van der Waals surface area contributed by atoms with Crippen molar-refractivity contribution in [2.75, 3.05) is 19.8 Å². The predicted molar refractivity (Wildman–Crippen MR) is 120 cm³/mol. The van der Waals surface area contributed by atoms with Gasteiger partial charge in [0.15, 0.2) is 5.79 Å². The van der Waals surface area contributed by atoms with Gasteiger partial charge in [-0.3, -0.25) is 4.79 Å². The van der Waals surface area contributed by atoms with Gasteiger partial charge in [0, 0.05) is 12.3 Å². The average Bonchev–Trinajstić information content (AvgIpc) is 2.70. The van der Waals surface area contributed by atoms with E-state index in [-0.39, 0.29) is 11.9 Å². The smallest absolute Gasteiger partial charge is 0.305 e. The molecule has 0 radical (unpaired) electrons. The summed E-state index contributed by atoms with van der Waals surface area (Å²) in [6, 6.07) is 0. The Morgan fingerprint density at radius 3 is 2.14 bits per heavy atom. The van der Waals surface area contributed by atoms with E-state index < -0.39 is 5.79 Å². The van der Waals surface area contributed by atoms with Crippen molar-refractivity contribution in [3.05, 3.63) is 24.3 Å². The molecule has 4 nitrogen and oxygen atoms in total. The number of carbonyl (C=O) groups excluding carboxylic acids is 1. The molecule has 29 heavy (non-hydrogen) atoms. The molecule has 0 atom stereocenters. The highest BCUT2D eigenvalue weighted by Crippen LogP contribution is 2.20. The van der Waals surface area contributed by atoms with Crippen molar-refractivity contribution in [1.29, 1.82) is 0 Å². The molecule has 0 bridgehead atoms. The molecule has 1 fully saturated rings. The first-order valence-electron chi connectivity index (χ1n) is 11.8. The van der Waals surface area contributed by atoms with Crippen LogP contribution in [0.1, 0.15) is 97.8 Å². The summed E-state index contributed by atoms with van der Waals surface area (Å²) in [6.07, 6.45) is 22.7. The van der Waals surface area contributed by atoms with E-state index in [9.17, 15) is 4.79 Å². The number of hydrogen-bond acceptors (Lipinski definition) is 4. The third-order valence-corrected chi connectivity index (χ3v) is 5.14. The van der Waals surface area contributed by atoms with Crippen molar-refractivity contribution in [3.63, 3.8) is 0 Å². The number of hydrogen-bond donors (Lipinski definition) is 0. The van der Waals surface area contributed by atoms with Crippen molar-refractivity contribution in [2.45, 2.75) is 104 Å². The molecule has 0 amide bonds. The minimum absolute atomic E-state index is 0.0967. The fraction of sp³-hybridized carbons (Fsp3) is 0.800. The number of rotatable bonds is 16. The fourth-order valence-corrected chi connectivity index (χ4v) is 3.19. The fourth-order valence-electron chi connectivity index (χ4n) is 3.19. The summed E-state index contributed by atoms with van der Waals surface area (Å²) in [5, 5.41) is 0. The molecule has 4 heteroatoms. The Kier molecular flexibility index (Phi) is 14.9. The van der Waals surface area contributed by atoms with E-state index in [0.29, 0.717) is 26.2 Å². The molecule has 0 N–H and O–H groups in total. The summed E-state index contributed by atoms with van der Waals surface area (Å²) in [7, 11) is 0. The third kappa shape index (κ3) is 15.4. The number of unbranched alkanes of at least 4 members (excludes halogenated alkanes) is 8. The average molecular weight is 409 g/mol. The molecular weight excluding hydrogens is 364 g/mol. The Labute approximate surface area is 179 Å². The van der Waals surface area contributed by atoms with E-state index in [2.05, 4.69) is 31.2 Å². The van der Waals surface area contributed by atoms with Gasteiger partial charge in [0.1, 0.15) is 0 Å². The van der Waals surface area contributed by atoms with Crippen molar-refractivity contribution in [3.8, 4) is 0 Å². The summed E-state index contributed by atoms with van der Waals surface area (Å²) >= 11 is 0. The zero-order valence-electron chi connectivity index (χ0n) is 19.1. The summed E-state index contributed by atoms with van der Waals surface area (Å²) in [4.78, 5) is 11.8. The summed E-state index contributed by atoms with van der Waals surface area (Å²) in [6.45, 7) is 7.62. The van der Waals surface area contributed by atoms with Crippen LogP contribution in [0.3, 0.4) is 0 Å². The Bertz CT molecular complexity index is 457. The maximum Gasteiger partial charge on any atom is 0.305 e. The SMILES string of the molecule is CCCCC/C=C\C/C=C\CCCCCCCC(=O)OCC1COC(C)(C)OC1. The van der Waals surface area contributed by atoms with Crippen molar-refractivity contribution >= 4 is 5.97 Å². The van der Waals surface area contributed by atoms with Crippen LogP contribution in [0.4, 0.5) is 0 Å². The third-order valence-electron chi connectivity index (χ3n) is 5.14. The van der Waals surface area contributed by atoms with Crippen LogP contribution in [0, 0.1) is 5.92 Å². The number of esters is 1. The van der Waals surface area contributed by atoms with Gasteiger partial charge in [-0.05, 0) is 52.4 Å². The van der Waals surface area contributed by atoms with Gasteiger partial charge in [-0.1, -0.05) is 63.3 Å². The molecule has 0 unspecified atom stereocenters.